The van der Waals surface area contributed by atoms with Crippen LogP contribution in [0.3, 0.4) is 0 Å². The molecule has 0 spiro atoms. The highest BCUT2D eigenvalue weighted by atomic mass is 16.5. The van der Waals surface area contributed by atoms with E-state index in [0.717, 1.165) is 5.56 Å². The average Bonchev–Trinajstić information content (AvgIpc) is 2.16. The molecular formula is C11H10O3. The molecule has 0 atom stereocenters. The molecule has 1 aliphatic heterocycles. The van der Waals surface area contributed by atoms with E-state index in [2.05, 4.69) is 0 Å². The van der Waals surface area contributed by atoms with Crippen LogP contribution in [0.1, 0.15) is 29.3 Å². The highest BCUT2D eigenvalue weighted by Gasteiger charge is 2.17. The monoisotopic (exact) mass is 190 g/mol. The number of hydrogen-bond donors (Lipinski definition) is 0. The summed E-state index contributed by atoms with van der Waals surface area (Å²) in [6.45, 7) is 1.52. The number of fused-ring (bicyclic) bond motifs is 1. The minimum atomic E-state index is -0.201. The molecule has 1 aromatic carbocycles. The van der Waals surface area contributed by atoms with Crippen molar-refractivity contribution in [1.82, 2.24) is 0 Å². The number of benzene rings is 1. The zero-order valence-electron chi connectivity index (χ0n) is 7.87. The lowest BCUT2D eigenvalue weighted by atomic mass is 10.0. The molecule has 2 rings (SSSR count). The van der Waals surface area contributed by atoms with Gasteiger partial charge in [-0.1, -0.05) is 0 Å². The molecule has 3 nitrogen and oxygen atoms in total. The third-order valence-electron chi connectivity index (χ3n) is 2.29. The summed E-state index contributed by atoms with van der Waals surface area (Å²) in [6, 6.07) is 5.16. The molecule has 0 saturated carbocycles. The van der Waals surface area contributed by atoms with Crippen LogP contribution in [0.15, 0.2) is 18.2 Å². The third-order valence-corrected chi connectivity index (χ3v) is 2.29. The molecular weight excluding hydrogens is 180 g/mol. The number of aryl methyl sites for hydroxylation is 1. The summed E-state index contributed by atoms with van der Waals surface area (Å²) >= 11 is 0. The Hall–Kier alpha value is -1.64. The van der Waals surface area contributed by atoms with Crippen molar-refractivity contribution >= 4 is 11.8 Å². The molecule has 0 amide bonds. The third kappa shape index (κ3) is 1.53. The Morgan fingerprint density at radius 1 is 1.36 bits per heavy atom. The van der Waals surface area contributed by atoms with E-state index in [9.17, 15) is 9.59 Å². The number of ether oxygens (including phenoxy) is 1. The first-order chi connectivity index (χ1) is 6.66. The second-order valence-electron chi connectivity index (χ2n) is 3.35. The lowest BCUT2D eigenvalue weighted by Crippen LogP contribution is -2.16. The Labute approximate surface area is 81.7 Å². The van der Waals surface area contributed by atoms with Crippen LogP contribution in [0.5, 0.6) is 5.75 Å². The van der Waals surface area contributed by atoms with E-state index in [1.165, 1.54) is 6.92 Å². The maximum absolute atomic E-state index is 11.1. The second-order valence-corrected chi connectivity index (χ2v) is 3.35. The molecule has 0 aliphatic carbocycles. The summed E-state index contributed by atoms with van der Waals surface area (Å²) in [4.78, 5) is 22.0. The summed E-state index contributed by atoms with van der Waals surface area (Å²) in [6.07, 6.45) is 1.06. The largest absolute Gasteiger partial charge is 0.426 e. The van der Waals surface area contributed by atoms with Gasteiger partial charge in [0.1, 0.15) is 5.75 Å². The summed E-state index contributed by atoms with van der Waals surface area (Å²) in [5, 5.41) is 0. The molecule has 72 valence electrons. The fourth-order valence-corrected chi connectivity index (χ4v) is 1.50. The second kappa shape index (κ2) is 3.25. The topological polar surface area (TPSA) is 43.4 Å². The smallest absolute Gasteiger partial charge is 0.311 e. The van der Waals surface area contributed by atoms with Gasteiger partial charge in [-0.25, -0.2) is 0 Å². The Kier molecular flexibility index (Phi) is 2.08. The van der Waals surface area contributed by atoms with Gasteiger partial charge in [-0.05, 0) is 37.1 Å². The minimum Gasteiger partial charge on any atom is -0.426 e. The molecule has 3 heteroatoms. The van der Waals surface area contributed by atoms with Crippen LogP contribution in [0.2, 0.25) is 0 Å². The molecule has 0 fully saturated rings. The maximum atomic E-state index is 11.1. The van der Waals surface area contributed by atoms with Crippen LogP contribution >= 0.6 is 0 Å². The number of carbonyl (C=O) groups is 2. The molecule has 0 unspecified atom stereocenters. The first-order valence-corrected chi connectivity index (χ1v) is 4.51. The number of carbonyl (C=O) groups excluding carboxylic acids is 2. The zero-order chi connectivity index (χ0) is 10.1. The number of esters is 1. The quantitative estimate of drug-likeness (QED) is 0.385. The Morgan fingerprint density at radius 3 is 2.86 bits per heavy atom. The van der Waals surface area contributed by atoms with E-state index in [0.29, 0.717) is 24.2 Å². The first kappa shape index (κ1) is 8.94. The maximum Gasteiger partial charge on any atom is 0.311 e. The molecule has 1 heterocycles. The van der Waals surface area contributed by atoms with Crippen molar-refractivity contribution < 1.29 is 14.3 Å². The molecule has 14 heavy (non-hydrogen) atoms. The van der Waals surface area contributed by atoms with Crippen molar-refractivity contribution in [1.29, 1.82) is 0 Å². The number of hydrogen-bond acceptors (Lipinski definition) is 3. The van der Waals surface area contributed by atoms with Crippen LogP contribution in [0, 0.1) is 0 Å². The van der Waals surface area contributed by atoms with E-state index in [-0.39, 0.29) is 11.8 Å². The predicted molar refractivity (Wildman–Crippen MR) is 50.4 cm³/mol. The van der Waals surface area contributed by atoms with Gasteiger partial charge in [0, 0.05) is 5.56 Å². The van der Waals surface area contributed by atoms with Crippen molar-refractivity contribution in [3.63, 3.8) is 0 Å². The average molecular weight is 190 g/mol. The van der Waals surface area contributed by atoms with Gasteiger partial charge in [-0.3, -0.25) is 9.59 Å². The fraction of sp³-hybridized carbons (Fsp3) is 0.273. The van der Waals surface area contributed by atoms with E-state index >= 15 is 0 Å². The van der Waals surface area contributed by atoms with E-state index in [1.54, 1.807) is 18.2 Å². The van der Waals surface area contributed by atoms with Gasteiger partial charge in [-0.2, -0.15) is 0 Å². The van der Waals surface area contributed by atoms with E-state index in [4.69, 9.17) is 4.74 Å². The van der Waals surface area contributed by atoms with Crippen LogP contribution in [0.25, 0.3) is 0 Å². The van der Waals surface area contributed by atoms with E-state index < -0.39 is 0 Å². The summed E-state index contributed by atoms with van der Waals surface area (Å²) in [5.41, 5.74) is 1.61. The van der Waals surface area contributed by atoms with Crippen LogP contribution in [-0.2, 0) is 11.2 Å². The summed E-state index contributed by atoms with van der Waals surface area (Å²) < 4.78 is 5.02. The number of Topliss-reactive ketones (excluding diaryl/α,β-unsaturated/α-hetero) is 1. The summed E-state index contributed by atoms with van der Waals surface area (Å²) in [7, 11) is 0. The number of rotatable bonds is 1. The normalized spacial score (nSPS) is 14.5. The fourth-order valence-electron chi connectivity index (χ4n) is 1.50. The highest BCUT2D eigenvalue weighted by molar-refractivity contribution is 5.94. The van der Waals surface area contributed by atoms with Gasteiger partial charge in [0.25, 0.3) is 0 Å². The van der Waals surface area contributed by atoms with Crippen LogP contribution in [0.4, 0.5) is 0 Å². The van der Waals surface area contributed by atoms with Crippen molar-refractivity contribution in [2.45, 2.75) is 19.8 Å². The Balaban J connectivity index is 2.41. The van der Waals surface area contributed by atoms with Gasteiger partial charge in [0.05, 0.1) is 6.42 Å². The Bertz CT molecular complexity index is 407. The van der Waals surface area contributed by atoms with Crippen molar-refractivity contribution in [2.24, 2.45) is 0 Å². The predicted octanol–water partition coefficient (Wildman–Crippen LogP) is 1.74. The van der Waals surface area contributed by atoms with Crippen molar-refractivity contribution in [3.05, 3.63) is 29.3 Å². The molecule has 1 aromatic rings. The van der Waals surface area contributed by atoms with Crippen LogP contribution < -0.4 is 4.74 Å². The molecule has 0 saturated heterocycles. The molecule has 1 aliphatic rings. The molecule has 0 aromatic heterocycles. The number of ketones is 1. The van der Waals surface area contributed by atoms with Crippen LogP contribution in [-0.4, -0.2) is 11.8 Å². The SMILES string of the molecule is CC(=O)c1ccc2c(c1)CCC(=O)O2. The van der Waals surface area contributed by atoms with Gasteiger partial charge in [-0.15, -0.1) is 0 Å². The highest BCUT2D eigenvalue weighted by Crippen LogP contribution is 2.26. The lowest BCUT2D eigenvalue weighted by Gasteiger charge is -2.15. The van der Waals surface area contributed by atoms with Gasteiger partial charge in [0.15, 0.2) is 5.78 Å². The zero-order valence-corrected chi connectivity index (χ0v) is 7.87. The molecule has 0 N–H and O–H groups in total. The molecule has 0 radical (unpaired) electrons. The Morgan fingerprint density at radius 2 is 2.14 bits per heavy atom. The van der Waals surface area contributed by atoms with Crippen molar-refractivity contribution in [3.8, 4) is 5.75 Å². The summed E-state index contributed by atoms with van der Waals surface area (Å²) in [5.74, 6) is 0.420. The standard InChI is InChI=1S/C11H10O3/c1-7(12)8-2-4-10-9(6-8)3-5-11(13)14-10/h2,4,6H,3,5H2,1H3. The van der Waals surface area contributed by atoms with E-state index in [1.807, 2.05) is 0 Å². The lowest BCUT2D eigenvalue weighted by molar-refractivity contribution is -0.135. The van der Waals surface area contributed by atoms with Gasteiger partial charge in [0.2, 0.25) is 0 Å². The van der Waals surface area contributed by atoms with Crippen molar-refractivity contribution in [2.75, 3.05) is 0 Å². The van der Waals surface area contributed by atoms with Gasteiger partial charge >= 0.3 is 5.97 Å². The van der Waals surface area contributed by atoms with Gasteiger partial charge < -0.3 is 4.74 Å². The molecule has 0 bridgehead atoms. The first-order valence-electron chi connectivity index (χ1n) is 4.51. The minimum absolute atomic E-state index is 0.0321.